The van der Waals surface area contributed by atoms with Gasteiger partial charge in [-0.2, -0.15) is 5.10 Å². The first-order valence-electron chi connectivity index (χ1n) is 6.58. The lowest BCUT2D eigenvalue weighted by Crippen LogP contribution is -1.96. The summed E-state index contributed by atoms with van der Waals surface area (Å²) in [5.74, 6) is 0.185. The lowest BCUT2D eigenvalue weighted by molar-refractivity contribution is 0.626. The number of fused-ring (bicyclic) bond motifs is 1. The summed E-state index contributed by atoms with van der Waals surface area (Å²) in [4.78, 5) is 4.33. The topological polar surface area (TPSA) is 30.2 Å². The van der Waals surface area contributed by atoms with Gasteiger partial charge in [-0.25, -0.2) is 13.9 Å². The van der Waals surface area contributed by atoms with Crippen LogP contribution < -0.4 is 0 Å². The molecule has 0 saturated heterocycles. The highest BCUT2D eigenvalue weighted by Crippen LogP contribution is 2.55. The molecule has 1 fully saturated rings. The number of rotatable bonds is 2. The fraction of sp³-hybridized carbons (Fsp3) is 0.200. The molecule has 0 bridgehead atoms. The van der Waals surface area contributed by atoms with Crippen molar-refractivity contribution in [3.63, 3.8) is 0 Å². The molecule has 2 atom stereocenters. The minimum absolute atomic E-state index is 0.151. The number of hydrogen-bond donors (Lipinski definition) is 0. The molecule has 2 heterocycles. The van der Waals surface area contributed by atoms with Crippen molar-refractivity contribution in [2.24, 2.45) is 0 Å². The van der Waals surface area contributed by atoms with Crippen molar-refractivity contribution < 1.29 is 4.39 Å². The Kier molecular flexibility index (Phi) is 2.91. The number of benzene rings is 1. The highest BCUT2D eigenvalue weighted by Gasteiger charge is 2.41. The van der Waals surface area contributed by atoms with E-state index in [1.807, 2.05) is 12.1 Å². The first-order valence-corrected chi connectivity index (χ1v) is 7.34. The summed E-state index contributed by atoms with van der Waals surface area (Å²) >= 11 is 11.8. The molecule has 0 N–H and O–H groups in total. The Morgan fingerprint density at radius 3 is 2.86 bits per heavy atom. The largest absolute Gasteiger partial charge is 0.235 e. The average Bonchev–Trinajstić information content (AvgIpc) is 3.11. The summed E-state index contributed by atoms with van der Waals surface area (Å²) in [7, 11) is 0. The summed E-state index contributed by atoms with van der Waals surface area (Å²) in [6, 6.07) is 6.84. The second kappa shape index (κ2) is 4.68. The van der Waals surface area contributed by atoms with Gasteiger partial charge in [0.05, 0.1) is 5.02 Å². The fourth-order valence-electron chi connectivity index (χ4n) is 2.83. The van der Waals surface area contributed by atoms with Crippen LogP contribution in [0.5, 0.6) is 0 Å². The molecule has 21 heavy (non-hydrogen) atoms. The number of aromatic nitrogens is 3. The number of imidazole rings is 1. The number of halogens is 3. The van der Waals surface area contributed by atoms with Gasteiger partial charge in [0.1, 0.15) is 11.0 Å². The third-order valence-corrected chi connectivity index (χ3v) is 4.41. The van der Waals surface area contributed by atoms with Crippen LogP contribution in [-0.2, 0) is 0 Å². The van der Waals surface area contributed by atoms with Gasteiger partial charge in [-0.1, -0.05) is 29.3 Å². The van der Waals surface area contributed by atoms with Crippen molar-refractivity contribution >= 4 is 28.8 Å². The first-order chi connectivity index (χ1) is 10.1. The minimum Gasteiger partial charge on any atom is -0.235 e. The van der Waals surface area contributed by atoms with E-state index in [9.17, 15) is 4.39 Å². The third kappa shape index (κ3) is 2.19. The minimum atomic E-state index is -0.376. The molecule has 3 nitrogen and oxygen atoms in total. The van der Waals surface area contributed by atoms with Crippen LogP contribution in [0.4, 0.5) is 4.39 Å². The number of hydrogen-bond acceptors (Lipinski definition) is 2. The van der Waals surface area contributed by atoms with Crippen LogP contribution in [0.15, 0.2) is 36.7 Å². The van der Waals surface area contributed by atoms with Gasteiger partial charge in [-0.3, -0.25) is 0 Å². The van der Waals surface area contributed by atoms with E-state index in [4.69, 9.17) is 23.2 Å². The highest BCUT2D eigenvalue weighted by atomic mass is 35.5. The fourth-order valence-corrected chi connectivity index (χ4v) is 3.15. The Balaban J connectivity index is 1.72. The molecule has 1 aliphatic rings. The van der Waals surface area contributed by atoms with E-state index >= 15 is 0 Å². The summed E-state index contributed by atoms with van der Waals surface area (Å²) < 4.78 is 15.3. The molecule has 2 aromatic heterocycles. The molecule has 0 aliphatic heterocycles. The highest BCUT2D eigenvalue weighted by molar-refractivity contribution is 6.30. The molecule has 3 aromatic rings. The maximum absolute atomic E-state index is 13.6. The van der Waals surface area contributed by atoms with E-state index in [2.05, 4.69) is 10.1 Å². The molecule has 1 aliphatic carbocycles. The van der Waals surface area contributed by atoms with Crippen LogP contribution in [0, 0.1) is 5.82 Å². The van der Waals surface area contributed by atoms with Crippen LogP contribution in [-0.4, -0.2) is 14.6 Å². The lowest BCUT2D eigenvalue weighted by Gasteiger charge is -2.05. The zero-order valence-electron chi connectivity index (χ0n) is 10.8. The SMILES string of the molecule is Fc1cc(C2CC2c2cc(Cl)nn3ccnc23)ccc1Cl. The van der Waals surface area contributed by atoms with Gasteiger partial charge in [-0.05, 0) is 42.0 Å². The average molecular weight is 322 g/mol. The van der Waals surface area contributed by atoms with Crippen molar-refractivity contribution in [1.29, 1.82) is 0 Å². The molecule has 1 saturated carbocycles. The van der Waals surface area contributed by atoms with E-state index in [-0.39, 0.29) is 22.7 Å². The molecule has 0 radical (unpaired) electrons. The van der Waals surface area contributed by atoms with Crippen molar-refractivity contribution in [3.05, 3.63) is 63.8 Å². The van der Waals surface area contributed by atoms with Gasteiger partial charge in [0.15, 0.2) is 5.65 Å². The standard InChI is InChI=1S/C15H10Cl2FN3/c16-12-2-1-8(5-13(12)18)9-6-10(9)11-7-14(17)20-21-4-3-19-15(11)21/h1-5,7,9-10H,6H2. The van der Waals surface area contributed by atoms with Crippen molar-refractivity contribution in [1.82, 2.24) is 14.6 Å². The molecule has 2 unspecified atom stereocenters. The normalized spacial score (nSPS) is 20.9. The Labute approximate surface area is 130 Å². The summed E-state index contributed by atoms with van der Waals surface area (Å²) in [5, 5.41) is 4.76. The number of nitrogens with zero attached hydrogens (tertiary/aromatic N) is 3. The van der Waals surface area contributed by atoms with Crippen molar-refractivity contribution in [2.45, 2.75) is 18.3 Å². The van der Waals surface area contributed by atoms with Crippen LogP contribution in [0.2, 0.25) is 10.2 Å². The predicted molar refractivity (Wildman–Crippen MR) is 79.5 cm³/mol. The van der Waals surface area contributed by atoms with Gasteiger partial charge in [0, 0.05) is 18.0 Å². The van der Waals surface area contributed by atoms with Crippen molar-refractivity contribution in [2.75, 3.05) is 0 Å². The van der Waals surface area contributed by atoms with E-state index in [0.29, 0.717) is 5.15 Å². The van der Waals surface area contributed by atoms with Crippen LogP contribution in [0.25, 0.3) is 5.65 Å². The zero-order chi connectivity index (χ0) is 14.6. The molecule has 1 aromatic carbocycles. The van der Waals surface area contributed by atoms with Crippen LogP contribution in [0.3, 0.4) is 0 Å². The molecule has 106 valence electrons. The molecular weight excluding hydrogens is 312 g/mol. The Morgan fingerprint density at radius 2 is 2.05 bits per heavy atom. The van der Waals surface area contributed by atoms with Crippen LogP contribution >= 0.6 is 23.2 Å². The zero-order valence-corrected chi connectivity index (χ0v) is 12.3. The second-order valence-electron chi connectivity index (χ2n) is 5.24. The maximum Gasteiger partial charge on any atom is 0.157 e. The molecular formula is C15H10Cl2FN3. The van der Waals surface area contributed by atoms with E-state index in [0.717, 1.165) is 23.2 Å². The Bertz CT molecular complexity index is 846. The van der Waals surface area contributed by atoms with E-state index < -0.39 is 0 Å². The smallest absolute Gasteiger partial charge is 0.157 e. The molecule has 0 spiro atoms. The summed E-state index contributed by atoms with van der Waals surface area (Å²) in [6.45, 7) is 0. The molecule has 4 rings (SSSR count). The van der Waals surface area contributed by atoms with Gasteiger partial charge in [-0.15, -0.1) is 0 Å². The third-order valence-electron chi connectivity index (χ3n) is 3.92. The first kappa shape index (κ1) is 13.0. The molecule has 0 amide bonds. The van der Waals surface area contributed by atoms with Crippen molar-refractivity contribution in [3.8, 4) is 0 Å². The lowest BCUT2D eigenvalue weighted by atomic mass is 10.1. The van der Waals surface area contributed by atoms with Gasteiger partial charge in [0.25, 0.3) is 0 Å². The van der Waals surface area contributed by atoms with E-state index in [1.165, 1.54) is 6.07 Å². The maximum atomic E-state index is 13.6. The molecule has 6 heteroatoms. The van der Waals surface area contributed by atoms with Gasteiger partial charge >= 0.3 is 0 Å². The quantitative estimate of drug-likeness (QED) is 0.698. The summed E-state index contributed by atoms with van der Waals surface area (Å²) in [6.07, 6.45) is 4.41. The van der Waals surface area contributed by atoms with E-state index in [1.54, 1.807) is 23.0 Å². The van der Waals surface area contributed by atoms with Gasteiger partial charge in [0.2, 0.25) is 0 Å². The monoisotopic (exact) mass is 321 g/mol. The van der Waals surface area contributed by atoms with Crippen LogP contribution in [0.1, 0.15) is 29.4 Å². The Hall–Kier alpha value is -1.65. The second-order valence-corrected chi connectivity index (χ2v) is 6.03. The van der Waals surface area contributed by atoms with Gasteiger partial charge < -0.3 is 0 Å². The Morgan fingerprint density at radius 1 is 1.19 bits per heavy atom. The summed E-state index contributed by atoms with van der Waals surface area (Å²) in [5.41, 5.74) is 2.82. The predicted octanol–water partition coefficient (Wildman–Crippen LogP) is 4.45.